The van der Waals surface area contributed by atoms with Crippen LogP contribution < -0.4 is 0 Å². The van der Waals surface area contributed by atoms with E-state index in [4.69, 9.17) is 23.2 Å². The predicted molar refractivity (Wildman–Crippen MR) is 77.9 cm³/mol. The zero-order valence-electron chi connectivity index (χ0n) is 9.85. The Bertz CT molecular complexity index is 706. The Hall–Kier alpha value is -1.77. The van der Waals surface area contributed by atoms with E-state index in [1.807, 2.05) is 48.7 Å². The highest BCUT2D eigenvalue weighted by molar-refractivity contribution is 6.34. The maximum atomic E-state index is 6.26. The summed E-state index contributed by atoms with van der Waals surface area (Å²) in [6.07, 6.45) is 4.61. The lowest BCUT2D eigenvalue weighted by atomic mass is 10.1. The van der Waals surface area contributed by atoms with Crippen LogP contribution in [0.2, 0.25) is 10.0 Å². The fraction of sp³-hybridized carbons (Fsp3) is 0. The van der Waals surface area contributed by atoms with Crippen molar-refractivity contribution in [2.24, 2.45) is 0 Å². The summed E-state index contributed by atoms with van der Waals surface area (Å²) in [5.41, 5.74) is 2.84. The summed E-state index contributed by atoms with van der Waals surface area (Å²) in [5, 5.41) is 5.46. The van der Waals surface area contributed by atoms with Gasteiger partial charge >= 0.3 is 0 Å². The van der Waals surface area contributed by atoms with Gasteiger partial charge < -0.3 is 0 Å². The monoisotopic (exact) mass is 287 g/mol. The van der Waals surface area contributed by atoms with Crippen LogP contribution in [0.25, 0.3) is 16.8 Å². The molecule has 0 aliphatic carbocycles. The summed E-state index contributed by atoms with van der Waals surface area (Å²) >= 11 is 12.3. The molecule has 1 aromatic heterocycles. The van der Waals surface area contributed by atoms with Crippen molar-refractivity contribution in [1.82, 2.24) is 9.78 Å². The van der Waals surface area contributed by atoms with Gasteiger partial charge in [0.05, 0.1) is 5.69 Å². The predicted octanol–water partition coefficient (Wildman–Crippen LogP) is 4.65. The molecule has 3 rings (SSSR count). The van der Waals surface area contributed by atoms with E-state index in [9.17, 15) is 0 Å². The molecule has 0 unspecified atom stereocenters. The van der Waals surface area contributed by atoms with E-state index in [-0.39, 0.29) is 0 Å². The average molecular weight is 288 g/mol. The van der Waals surface area contributed by atoms with E-state index in [2.05, 4.69) is 11.3 Å². The lowest BCUT2D eigenvalue weighted by Crippen LogP contribution is -1.94. The van der Waals surface area contributed by atoms with E-state index in [1.165, 1.54) is 0 Å². The standard InChI is InChI=1S/C15H9Cl2N2/c16-12-4-1-3-11(9-12)14-10-13(5-6-15(14)17)19-8-2-7-18-19/h1-6,8-10H. The van der Waals surface area contributed by atoms with Crippen LogP contribution in [0, 0.1) is 6.20 Å². The molecule has 4 heteroatoms. The summed E-state index contributed by atoms with van der Waals surface area (Å²) in [6, 6.07) is 15.1. The normalized spacial score (nSPS) is 10.6. The van der Waals surface area contributed by atoms with Gasteiger partial charge in [0.15, 0.2) is 0 Å². The van der Waals surface area contributed by atoms with Gasteiger partial charge in [-0.05, 0) is 42.0 Å². The van der Waals surface area contributed by atoms with Gasteiger partial charge in [0.2, 0.25) is 0 Å². The molecule has 93 valence electrons. The highest BCUT2D eigenvalue weighted by Crippen LogP contribution is 2.31. The minimum Gasteiger partial charge on any atom is -0.240 e. The van der Waals surface area contributed by atoms with Crippen molar-refractivity contribution in [1.29, 1.82) is 0 Å². The second-order valence-corrected chi connectivity index (χ2v) is 4.91. The first kappa shape index (κ1) is 12.3. The molecule has 1 heterocycles. The molecule has 0 aliphatic heterocycles. The Labute approximate surface area is 121 Å². The molecule has 0 spiro atoms. The molecule has 0 atom stereocenters. The first-order chi connectivity index (χ1) is 9.24. The Balaban J connectivity index is 2.13. The summed E-state index contributed by atoms with van der Waals surface area (Å²) in [4.78, 5) is 0. The third-order valence-electron chi connectivity index (χ3n) is 2.81. The third-order valence-corrected chi connectivity index (χ3v) is 3.37. The number of hydrogen-bond acceptors (Lipinski definition) is 1. The molecule has 0 aliphatic rings. The van der Waals surface area contributed by atoms with Gasteiger partial charge in [-0.3, -0.25) is 0 Å². The highest BCUT2D eigenvalue weighted by atomic mass is 35.5. The molecule has 2 aromatic carbocycles. The SMILES string of the molecule is Clc1cccc(-c2cc(-n3cc[c]n3)ccc2Cl)c1. The fourth-order valence-electron chi connectivity index (χ4n) is 1.91. The van der Waals surface area contributed by atoms with E-state index in [0.717, 1.165) is 16.8 Å². The van der Waals surface area contributed by atoms with E-state index >= 15 is 0 Å². The van der Waals surface area contributed by atoms with Crippen molar-refractivity contribution in [2.75, 3.05) is 0 Å². The molecule has 3 aromatic rings. The van der Waals surface area contributed by atoms with Crippen LogP contribution in [-0.2, 0) is 0 Å². The first-order valence-corrected chi connectivity index (χ1v) is 6.47. The first-order valence-electron chi connectivity index (χ1n) is 5.71. The van der Waals surface area contributed by atoms with Gasteiger partial charge in [0.1, 0.15) is 6.20 Å². The van der Waals surface area contributed by atoms with Gasteiger partial charge in [-0.1, -0.05) is 35.3 Å². The summed E-state index contributed by atoms with van der Waals surface area (Å²) < 4.78 is 1.74. The number of rotatable bonds is 2. The Kier molecular flexibility index (Phi) is 3.28. The van der Waals surface area contributed by atoms with Crippen molar-refractivity contribution in [2.45, 2.75) is 0 Å². The third kappa shape index (κ3) is 2.50. The molecule has 2 nitrogen and oxygen atoms in total. The van der Waals surface area contributed by atoms with Crippen LogP contribution in [0.3, 0.4) is 0 Å². The van der Waals surface area contributed by atoms with Crippen molar-refractivity contribution in [3.8, 4) is 16.8 Å². The van der Waals surface area contributed by atoms with E-state index in [0.29, 0.717) is 10.0 Å². The number of nitrogens with zero attached hydrogens (tertiary/aromatic N) is 2. The molecule has 0 bridgehead atoms. The molecule has 1 radical (unpaired) electrons. The second-order valence-electron chi connectivity index (χ2n) is 4.06. The molecular weight excluding hydrogens is 279 g/mol. The van der Waals surface area contributed by atoms with Gasteiger partial charge in [-0.15, -0.1) is 0 Å². The zero-order valence-corrected chi connectivity index (χ0v) is 11.4. The summed E-state index contributed by atoms with van der Waals surface area (Å²) in [5.74, 6) is 0. The minimum atomic E-state index is 0.683. The smallest absolute Gasteiger partial charge is 0.113 e. The van der Waals surface area contributed by atoms with Gasteiger partial charge in [0, 0.05) is 21.8 Å². The number of aromatic nitrogens is 2. The lowest BCUT2D eigenvalue weighted by molar-refractivity contribution is 0.877. The van der Waals surface area contributed by atoms with Crippen LogP contribution in [-0.4, -0.2) is 9.78 Å². The van der Waals surface area contributed by atoms with Crippen molar-refractivity contribution < 1.29 is 0 Å². The largest absolute Gasteiger partial charge is 0.240 e. The van der Waals surface area contributed by atoms with Crippen LogP contribution >= 0.6 is 23.2 Å². The number of hydrogen-bond donors (Lipinski definition) is 0. The molecule has 19 heavy (non-hydrogen) atoms. The van der Waals surface area contributed by atoms with Crippen molar-refractivity contribution in [3.63, 3.8) is 0 Å². The maximum Gasteiger partial charge on any atom is 0.113 e. The quantitative estimate of drug-likeness (QED) is 0.671. The summed E-state index contributed by atoms with van der Waals surface area (Å²) in [6.45, 7) is 0. The molecule has 0 saturated carbocycles. The van der Waals surface area contributed by atoms with Gasteiger partial charge in [-0.2, -0.15) is 5.10 Å². The molecule has 0 N–H and O–H groups in total. The van der Waals surface area contributed by atoms with Gasteiger partial charge in [0.25, 0.3) is 0 Å². The molecule has 0 amide bonds. The lowest BCUT2D eigenvalue weighted by Gasteiger charge is -2.08. The summed E-state index contributed by atoms with van der Waals surface area (Å²) in [7, 11) is 0. The maximum absolute atomic E-state index is 6.26. The fourth-order valence-corrected chi connectivity index (χ4v) is 2.33. The van der Waals surface area contributed by atoms with E-state index in [1.54, 1.807) is 10.7 Å². The average Bonchev–Trinajstić information content (AvgIpc) is 2.93. The van der Waals surface area contributed by atoms with Crippen molar-refractivity contribution in [3.05, 3.63) is 71.0 Å². The highest BCUT2D eigenvalue weighted by Gasteiger charge is 2.06. The molecule has 0 fully saturated rings. The Morgan fingerprint density at radius 3 is 2.68 bits per heavy atom. The molecular formula is C15H9Cl2N2. The van der Waals surface area contributed by atoms with Crippen LogP contribution in [0.15, 0.2) is 54.7 Å². The second kappa shape index (κ2) is 5.08. The zero-order chi connectivity index (χ0) is 13.2. The van der Waals surface area contributed by atoms with Gasteiger partial charge in [-0.25, -0.2) is 4.68 Å². The van der Waals surface area contributed by atoms with E-state index < -0.39 is 0 Å². The van der Waals surface area contributed by atoms with Crippen molar-refractivity contribution >= 4 is 23.2 Å². The Morgan fingerprint density at radius 1 is 1.05 bits per heavy atom. The minimum absolute atomic E-state index is 0.683. The van der Waals surface area contributed by atoms with Crippen LogP contribution in [0.1, 0.15) is 0 Å². The number of benzene rings is 2. The Morgan fingerprint density at radius 2 is 1.95 bits per heavy atom. The topological polar surface area (TPSA) is 17.8 Å². The molecule has 0 saturated heterocycles. The number of halogens is 2. The van der Waals surface area contributed by atoms with Crippen LogP contribution in [0.4, 0.5) is 0 Å². The van der Waals surface area contributed by atoms with Crippen LogP contribution in [0.5, 0.6) is 0 Å².